The molecule has 0 atom stereocenters. The highest BCUT2D eigenvalue weighted by molar-refractivity contribution is 5.84. The molecular formula is C13H22N2O2. The van der Waals surface area contributed by atoms with E-state index in [0.29, 0.717) is 6.54 Å². The van der Waals surface area contributed by atoms with Crippen molar-refractivity contribution in [2.75, 3.05) is 13.2 Å². The van der Waals surface area contributed by atoms with E-state index in [1.54, 1.807) is 13.8 Å². The summed E-state index contributed by atoms with van der Waals surface area (Å²) >= 11 is 0. The van der Waals surface area contributed by atoms with Crippen LogP contribution in [0.2, 0.25) is 0 Å². The maximum atomic E-state index is 11.8. The number of amides is 1. The van der Waals surface area contributed by atoms with Gasteiger partial charge in [-0.05, 0) is 26.7 Å². The number of aliphatic hydroxyl groups excluding tert-OH is 1. The minimum absolute atomic E-state index is 0.111. The summed E-state index contributed by atoms with van der Waals surface area (Å²) in [5.41, 5.74) is -1.16. The third-order valence-corrected chi connectivity index (χ3v) is 3.72. The van der Waals surface area contributed by atoms with Gasteiger partial charge >= 0.3 is 0 Å². The number of nitriles is 1. The van der Waals surface area contributed by atoms with Crippen LogP contribution in [-0.2, 0) is 4.79 Å². The first kappa shape index (κ1) is 14.0. The SMILES string of the molecule is CC(C)(C#N)C(=O)NCC1(CO)CCCCC1. The minimum Gasteiger partial charge on any atom is -0.396 e. The molecule has 0 aromatic carbocycles. The molecule has 96 valence electrons. The van der Waals surface area contributed by atoms with Gasteiger partial charge in [-0.3, -0.25) is 4.79 Å². The second-order valence-corrected chi connectivity index (χ2v) is 5.64. The molecule has 1 aliphatic rings. The molecule has 1 amide bonds. The smallest absolute Gasteiger partial charge is 0.239 e. The fourth-order valence-corrected chi connectivity index (χ4v) is 2.23. The third kappa shape index (κ3) is 3.44. The lowest BCUT2D eigenvalue weighted by molar-refractivity contribution is -0.127. The Morgan fingerprint density at radius 1 is 1.41 bits per heavy atom. The van der Waals surface area contributed by atoms with Crippen LogP contribution in [0.25, 0.3) is 0 Å². The Labute approximate surface area is 103 Å². The monoisotopic (exact) mass is 238 g/mol. The van der Waals surface area contributed by atoms with Gasteiger partial charge in [0.2, 0.25) is 5.91 Å². The summed E-state index contributed by atoms with van der Waals surface area (Å²) < 4.78 is 0. The standard InChI is InChI=1S/C13H22N2O2/c1-12(2,8-14)11(17)15-9-13(10-16)6-4-3-5-7-13/h16H,3-7,9-10H2,1-2H3,(H,15,17). The Morgan fingerprint density at radius 2 is 2.00 bits per heavy atom. The van der Waals surface area contributed by atoms with Crippen LogP contribution in [0.4, 0.5) is 0 Å². The van der Waals surface area contributed by atoms with Gasteiger partial charge < -0.3 is 10.4 Å². The van der Waals surface area contributed by atoms with Gasteiger partial charge in [-0.1, -0.05) is 19.3 Å². The Balaban J connectivity index is 2.54. The van der Waals surface area contributed by atoms with Crippen LogP contribution in [0.3, 0.4) is 0 Å². The van der Waals surface area contributed by atoms with Gasteiger partial charge in [0.05, 0.1) is 12.7 Å². The van der Waals surface area contributed by atoms with Crippen molar-refractivity contribution in [2.45, 2.75) is 46.0 Å². The number of hydrogen-bond acceptors (Lipinski definition) is 3. The Morgan fingerprint density at radius 3 is 2.47 bits per heavy atom. The molecule has 4 heteroatoms. The number of nitrogens with one attached hydrogen (secondary N) is 1. The Kier molecular flexibility index (Phi) is 4.53. The molecule has 4 nitrogen and oxygen atoms in total. The van der Waals surface area contributed by atoms with Crippen molar-refractivity contribution in [1.82, 2.24) is 5.32 Å². The second kappa shape index (κ2) is 5.50. The van der Waals surface area contributed by atoms with Crippen LogP contribution in [-0.4, -0.2) is 24.2 Å². The van der Waals surface area contributed by atoms with Crippen LogP contribution in [0.1, 0.15) is 46.0 Å². The van der Waals surface area contributed by atoms with Crippen molar-refractivity contribution in [3.63, 3.8) is 0 Å². The van der Waals surface area contributed by atoms with E-state index in [1.165, 1.54) is 6.42 Å². The fraction of sp³-hybridized carbons (Fsp3) is 0.846. The maximum absolute atomic E-state index is 11.8. The van der Waals surface area contributed by atoms with E-state index >= 15 is 0 Å². The van der Waals surface area contributed by atoms with Crippen LogP contribution < -0.4 is 5.32 Å². The number of aliphatic hydroxyl groups is 1. The van der Waals surface area contributed by atoms with Crippen molar-refractivity contribution < 1.29 is 9.90 Å². The zero-order valence-electron chi connectivity index (χ0n) is 10.8. The predicted octanol–water partition coefficient (Wildman–Crippen LogP) is 1.60. The van der Waals surface area contributed by atoms with Gasteiger partial charge in [-0.25, -0.2) is 0 Å². The highest BCUT2D eigenvalue weighted by Gasteiger charge is 2.34. The van der Waals surface area contributed by atoms with Crippen LogP contribution >= 0.6 is 0 Å². The van der Waals surface area contributed by atoms with Gasteiger partial charge in [0.25, 0.3) is 0 Å². The van der Waals surface area contributed by atoms with Gasteiger partial charge in [0.15, 0.2) is 0 Å². The highest BCUT2D eigenvalue weighted by Crippen LogP contribution is 2.35. The molecule has 1 rings (SSSR count). The lowest BCUT2D eigenvalue weighted by atomic mass is 9.74. The zero-order chi connectivity index (χ0) is 12.9. The molecule has 0 spiro atoms. The molecule has 1 fully saturated rings. The predicted molar refractivity (Wildman–Crippen MR) is 65.0 cm³/mol. The Hall–Kier alpha value is -1.08. The second-order valence-electron chi connectivity index (χ2n) is 5.64. The molecule has 0 bridgehead atoms. The molecule has 0 heterocycles. The quantitative estimate of drug-likeness (QED) is 0.781. The van der Waals surface area contributed by atoms with Crippen LogP contribution in [0.15, 0.2) is 0 Å². The number of carbonyl (C=O) groups is 1. The molecule has 1 aliphatic carbocycles. The van der Waals surface area contributed by atoms with Crippen LogP contribution in [0, 0.1) is 22.2 Å². The van der Waals surface area contributed by atoms with Crippen molar-refractivity contribution in [1.29, 1.82) is 5.26 Å². The third-order valence-electron chi connectivity index (χ3n) is 3.72. The number of rotatable bonds is 4. The van der Waals surface area contributed by atoms with Crippen molar-refractivity contribution in [3.05, 3.63) is 0 Å². The summed E-state index contributed by atoms with van der Waals surface area (Å²) in [7, 11) is 0. The first-order valence-corrected chi connectivity index (χ1v) is 6.26. The van der Waals surface area contributed by atoms with Gasteiger partial charge in [-0.15, -0.1) is 0 Å². The molecule has 1 saturated carbocycles. The van der Waals surface area contributed by atoms with E-state index < -0.39 is 5.41 Å². The van der Waals surface area contributed by atoms with E-state index in [9.17, 15) is 9.90 Å². The molecule has 0 saturated heterocycles. The molecular weight excluding hydrogens is 216 g/mol. The zero-order valence-corrected chi connectivity index (χ0v) is 10.8. The molecule has 0 unspecified atom stereocenters. The first-order chi connectivity index (χ1) is 7.96. The minimum atomic E-state index is -0.995. The Bertz CT molecular complexity index is 312. The lowest BCUT2D eigenvalue weighted by Gasteiger charge is -2.36. The summed E-state index contributed by atoms with van der Waals surface area (Å²) in [6.07, 6.45) is 5.34. The van der Waals surface area contributed by atoms with E-state index in [-0.39, 0.29) is 17.9 Å². The summed E-state index contributed by atoms with van der Waals surface area (Å²) in [6, 6.07) is 1.98. The maximum Gasteiger partial charge on any atom is 0.239 e. The van der Waals surface area contributed by atoms with Crippen molar-refractivity contribution in [2.24, 2.45) is 10.8 Å². The van der Waals surface area contributed by atoms with Crippen molar-refractivity contribution >= 4 is 5.91 Å². The summed E-state index contributed by atoms with van der Waals surface area (Å²) in [5, 5.41) is 21.2. The van der Waals surface area contributed by atoms with Gasteiger partial charge in [0.1, 0.15) is 5.41 Å². The largest absolute Gasteiger partial charge is 0.396 e. The molecule has 0 aliphatic heterocycles. The summed E-state index contributed by atoms with van der Waals surface area (Å²) in [6.45, 7) is 3.80. The molecule has 0 aromatic rings. The fourth-order valence-electron chi connectivity index (χ4n) is 2.23. The summed E-state index contributed by atoms with van der Waals surface area (Å²) in [4.78, 5) is 11.8. The van der Waals surface area contributed by atoms with Crippen LogP contribution in [0.5, 0.6) is 0 Å². The van der Waals surface area contributed by atoms with Crippen molar-refractivity contribution in [3.8, 4) is 6.07 Å². The first-order valence-electron chi connectivity index (χ1n) is 6.26. The number of hydrogen-bond donors (Lipinski definition) is 2. The molecule has 17 heavy (non-hydrogen) atoms. The molecule has 2 N–H and O–H groups in total. The average molecular weight is 238 g/mol. The topological polar surface area (TPSA) is 73.1 Å². The summed E-state index contributed by atoms with van der Waals surface area (Å²) in [5.74, 6) is -0.251. The molecule has 0 radical (unpaired) electrons. The van der Waals surface area contributed by atoms with E-state index in [2.05, 4.69) is 5.32 Å². The van der Waals surface area contributed by atoms with Gasteiger partial charge in [0, 0.05) is 12.0 Å². The highest BCUT2D eigenvalue weighted by atomic mass is 16.3. The van der Waals surface area contributed by atoms with E-state index in [4.69, 9.17) is 5.26 Å². The number of nitrogens with zero attached hydrogens (tertiary/aromatic N) is 1. The normalized spacial score (nSPS) is 19.4. The molecule has 0 aromatic heterocycles. The lowest BCUT2D eigenvalue weighted by Crippen LogP contribution is -2.45. The number of carbonyl (C=O) groups excluding carboxylic acids is 1. The van der Waals surface area contributed by atoms with Gasteiger partial charge in [-0.2, -0.15) is 5.26 Å². The average Bonchev–Trinajstić information content (AvgIpc) is 2.37. The van der Waals surface area contributed by atoms with E-state index in [0.717, 1.165) is 25.7 Å². The van der Waals surface area contributed by atoms with E-state index in [1.807, 2.05) is 6.07 Å².